The van der Waals surface area contributed by atoms with E-state index in [1.165, 1.54) is 0 Å². The molecule has 1 aromatic heterocycles. The van der Waals surface area contributed by atoms with Gasteiger partial charge in [-0.15, -0.1) is 0 Å². The topological polar surface area (TPSA) is 75.2 Å². The number of benzene rings is 1. The summed E-state index contributed by atoms with van der Waals surface area (Å²) in [6, 6.07) is 5.54. The van der Waals surface area contributed by atoms with Crippen LogP contribution in [0.25, 0.3) is 16.7 Å². The van der Waals surface area contributed by atoms with Gasteiger partial charge in [-0.25, -0.2) is 13.2 Å². The molecule has 25 heavy (non-hydrogen) atoms. The molecule has 0 unspecified atom stereocenters. The molecule has 1 saturated carbocycles. The van der Waals surface area contributed by atoms with E-state index in [4.69, 9.17) is 0 Å². The zero-order chi connectivity index (χ0) is 17.8. The Balaban J connectivity index is 1.86. The summed E-state index contributed by atoms with van der Waals surface area (Å²) in [4.78, 5) is 18.0. The molecule has 0 radical (unpaired) electrons. The van der Waals surface area contributed by atoms with Crippen molar-refractivity contribution in [1.82, 2.24) is 14.5 Å². The second-order valence-electron chi connectivity index (χ2n) is 7.21. The van der Waals surface area contributed by atoms with E-state index in [1.807, 2.05) is 6.07 Å². The first kappa shape index (κ1) is 16.6. The highest BCUT2D eigenvalue weighted by atomic mass is 32.2. The van der Waals surface area contributed by atoms with E-state index in [-0.39, 0.29) is 15.8 Å². The average molecular weight is 361 g/mol. The Morgan fingerprint density at radius 2 is 2.00 bits per heavy atom. The third kappa shape index (κ3) is 2.75. The minimum atomic E-state index is -3.36. The molecule has 134 valence electrons. The smallest absolute Gasteiger partial charge is 0.304 e. The van der Waals surface area contributed by atoms with Crippen LogP contribution in [0.1, 0.15) is 33.1 Å². The quantitative estimate of drug-likeness (QED) is 0.906. The standard InChI is InChI=1S/C18H23N3O3S/c1-12(2)20-10-4-5-13(11-20)21-15-6-3-7-16(17(15)19-18(21)22)25(23,24)14-8-9-14/h3,5-7,12,14H,4,8-11H2,1-2H3,(H,19,22). The van der Waals surface area contributed by atoms with Crippen LogP contribution in [0.5, 0.6) is 0 Å². The zero-order valence-electron chi connectivity index (χ0n) is 14.5. The van der Waals surface area contributed by atoms with Gasteiger partial charge in [-0.3, -0.25) is 9.47 Å². The molecular formula is C18H23N3O3S. The molecule has 1 aliphatic heterocycles. The fourth-order valence-corrected chi connectivity index (χ4v) is 5.36. The predicted molar refractivity (Wildman–Crippen MR) is 98.4 cm³/mol. The van der Waals surface area contributed by atoms with Gasteiger partial charge in [0.1, 0.15) is 0 Å². The number of nitrogens with zero attached hydrogens (tertiary/aromatic N) is 2. The highest BCUT2D eigenvalue weighted by Crippen LogP contribution is 2.36. The molecule has 0 spiro atoms. The summed E-state index contributed by atoms with van der Waals surface area (Å²) in [7, 11) is -3.36. The lowest BCUT2D eigenvalue weighted by atomic mass is 10.1. The van der Waals surface area contributed by atoms with Crippen LogP contribution in [0.3, 0.4) is 0 Å². The van der Waals surface area contributed by atoms with E-state index in [0.29, 0.717) is 36.5 Å². The molecule has 4 rings (SSSR count). The summed E-state index contributed by atoms with van der Waals surface area (Å²) in [6.45, 7) is 5.94. The van der Waals surface area contributed by atoms with E-state index in [9.17, 15) is 13.2 Å². The molecule has 2 aliphatic rings. The van der Waals surface area contributed by atoms with Crippen LogP contribution in [0.2, 0.25) is 0 Å². The van der Waals surface area contributed by atoms with E-state index in [0.717, 1.165) is 18.7 Å². The van der Waals surface area contributed by atoms with Crippen molar-refractivity contribution in [3.05, 3.63) is 34.8 Å². The first-order chi connectivity index (χ1) is 11.9. The van der Waals surface area contributed by atoms with Gasteiger partial charge in [0.25, 0.3) is 0 Å². The fraction of sp³-hybridized carbons (Fsp3) is 0.500. The summed E-state index contributed by atoms with van der Waals surface area (Å²) < 4.78 is 27.0. The second-order valence-corrected chi connectivity index (χ2v) is 9.41. The number of fused-ring (bicyclic) bond motifs is 1. The Hall–Kier alpha value is -1.86. The van der Waals surface area contributed by atoms with Crippen LogP contribution in [-0.4, -0.2) is 47.3 Å². The Morgan fingerprint density at radius 1 is 1.24 bits per heavy atom. The maximum atomic E-state index is 12.7. The maximum absolute atomic E-state index is 12.7. The number of para-hydroxylation sites is 1. The van der Waals surface area contributed by atoms with Crippen molar-refractivity contribution in [2.45, 2.75) is 49.3 Å². The van der Waals surface area contributed by atoms with Gasteiger partial charge in [0.15, 0.2) is 9.84 Å². The third-order valence-corrected chi connectivity index (χ3v) is 7.43. The van der Waals surface area contributed by atoms with Crippen molar-refractivity contribution in [3.63, 3.8) is 0 Å². The predicted octanol–water partition coefficient (Wildman–Crippen LogP) is 2.22. The number of H-pyrrole nitrogens is 1. The van der Waals surface area contributed by atoms with Gasteiger partial charge in [-0.2, -0.15) is 0 Å². The van der Waals surface area contributed by atoms with E-state index < -0.39 is 9.84 Å². The first-order valence-electron chi connectivity index (χ1n) is 8.80. The molecule has 1 aliphatic carbocycles. The minimum absolute atomic E-state index is 0.250. The highest BCUT2D eigenvalue weighted by molar-refractivity contribution is 7.92. The Labute approximate surface area is 147 Å². The molecule has 2 heterocycles. The molecule has 6 nitrogen and oxygen atoms in total. The number of sulfone groups is 1. The second kappa shape index (κ2) is 5.85. The lowest BCUT2D eigenvalue weighted by molar-refractivity contribution is 0.244. The monoisotopic (exact) mass is 361 g/mol. The molecule has 1 aromatic carbocycles. The molecule has 0 atom stereocenters. The number of hydrogen-bond acceptors (Lipinski definition) is 4. The fourth-order valence-electron chi connectivity index (χ4n) is 3.54. The summed E-state index contributed by atoms with van der Waals surface area (Å²) in [6.07, 6.45) is 4.37. The number of aromatic nitrogens is 2. The molecule has 0 bridgehead atoms. The summed E-state index contributed by atoms with van der Waals surface area (Å²) in [5, 5.41) is -0.296. The lowest BCUT2D eigenvalue weighted by Crippen LogP contribution is -2.37. The SMILES string of the molecule is CC(C)N1CCC=C(n2c(=O)[nH]c3c(S(=O)(=O)C4CC4)cccc32)C1. The molecular weight excluding hydrogens is 338 g/mol. The molecule has 1 N–H and O–H groups in total. The Morgan fingerprint density at radius 3 is 2.68 bits per heavy atom. The highest BCUT2D eigenvalue weighted by Gasteiger charge is 2.38. The van der Waals surface area contributed by atoms with Gasteiger partial charge in [-0.05, 0) is 45.2 Å². The van der Waals surface area contributed by atoms with Gasteiger partial charge in [0.05, 0.1) is 21.2 Å². The van der Waals surface area contributed by atoms with Gasteiger partial charge in [-0.1, -0.05) is 12.1 Å². The van der Waals surface area contributed by atoms with Crippen LogP contribution in [-0.2, 0) is 9.84 Å². The van der Waals surface area contributed by atoms with Crippen molar-refractivity contribution < 1.29 is 8.42 Å². The van der Waals surface area contributed by atoms with Crippen molar-refractivity contribution in [2.24, 2.45) is 0 Å². The summed E-state index contributed by atoms with van der Waals surface area (Å²) in [5.74, 6) is 0. The third-order valence-electron chi connectivity index (χ3n) is 5.13. The van der Waals surface area contributed by atoms with E-state index in [2.05, 4.69) is 29.8 Å². The number of aromatic amines is 1. The maximum Gasteiger partial charge on any atom is 0.330 e. The van der Waals surface area contributed by atoms with Crippen molar-refractivity contribution in [2.75, 3.05) is 13.1 Å². The molecule has 0 saturated heterocycles. The van der Waals surface area contributed by atoms with E-state index >= 15 is 0 Å². The van der Waals surface area contributed by atoms with Gasteiger partial charge in [0, 0.05) is 24.8 Å². The van der Waals surface area contributed by atoms with Crippen LogP contribution < -0.4 is 5.69 Å². The number of nitrogens with one attached hydrogen (secondary N) is 1. The van der Waals surface area contributed by atoms with Crippen LogP contribution >= 0.6 is 0 Å². The van der Waals surface area contributed by atoms with Crippen LogP contribution in [0, 0.1) is 0 Å². The van der Waals surface area contributed by atoms with Gasteiger partial charge < -0.3 is 4.98 Å². The largest absolute Gasteiger partial charge is 0.330 e. The average Bonchev–Trinajstić information content (AvgIpc) is 3.37. The normalized spacial score (nSPS) is 19.6. The first-order valence-corrected chi connectivity index (χ1v) is 10.4. The Bertz CT molecular complexity index is 1010. The van der Waals surface area contributed by atoms with Crippen LogP contribution in [0.15, 0.2) is 34.0 Å². The van der Waals surface area contributed by atoms with Gasteiger partial charge >= 0.3 is 5.69 Å². The lowest BCUT2D eigenvalue weighted by Gasteiger charge is -2.30. The number of hydrogen-bond donors (Lipinski definition) is 1. The molecule has 0 amide bonds. The number of rotatable bonds is 4. The van der Waals surface area contributed by atoms with Crippen LogP contribution in [0.4, 0.5) is 0 Å². The molecule has 1 fully saturated rings. The van der Waals surface area contributed by atoms with Crippen molar-refractivity contribution in [1.29, 1.82) is 0 Å². The van der Waals surface area contributed by atoms with Crippen molar-refractivity contribution >= 4 is 26.6 Å². The van der Waals surface area contributed by atoms with E-state index in [1.54, 1.807) is 16.7 Å². The summed E-state index contributed by atoms with van der Waals surface area (Å²) >= 11 is 0. The van der Waals surface area contributed by atoms with Gasteiger partial charge in [0.2, 0.25) is 0 Å². The molecule has 7 heteroatoms. The minimum Gasteiger partial charge on any atom is -0.304 e. The molecule has 2 aromatic rings. The van der Waals surface area contributed by atoms with Crippen molar-refractivity contribution in [3.8, 4) is 0 Å². The summed E-state index contributed by atoms with van der Waals surface area (Å²) in [5.41, 5.74) is 1.72. The number of imidazole rings is 1. The Kier molecular flexibility index (Phi) is 3.88. The zero-order valence-corrected chi connectivity index (χ0v) is 15.3.